The number of phenols is 1. The van der Waals surface area contributed by atoms with Crippen molar-refractivity contribution >= 4 is 10.8 Å². The summed E-state index contributed by atoms with van der Waals surface area (Å²) in [4.78, 5) is 4.91. The number of ether oxygens (including phenoxy) is 2. The Morgan fingerprint density at radius 2 is 1.47 bits per heavy atom. The molecule has 1 aliphatic heterocycles. The summed E-state index contributed by atoms with van der Waals surface area (Å²) in [6, 6.07) is 16.2. The average molecular weight is 407 g/mol. The molecule has 4 rings (SSSR count). The van der Waals surface area contributed by atoms with E-state index < -0.39 is 0 Å². The van der Waals surface area contributed by atoms with Crippen LogP contribution in [0, 0.1) is 6.92 Å². The first kappa shape index (κ1) is 20.5. The second kappa shape index (κ2) is 8.94. The minimum absolute atomic E-state index is 0.386. The predicted octanol–water partition coefficient (Wildman–Crippen LogP) is 4.19. The number of hydrogen-bond acceptors (Lipinski definition) is 5. The van der Waals surface area contributed by atoms with Crippen LogP contribution in [0.15, 0.2) is 48.5 Å². The first-order valence-corrected chi connectivity index (χ1v) is 10.4. The summed E-state index contributed by atoms with van der Waals surface area (Å²) >= 11 is 0. The van der Waals surface area contributed by atoms with Crippen LogP contribution in [-0.4, -0.2) is 55.3 Å². The molecule has 5 heteroatoms. The molecule has 1 heterocycles. The largest absolute Gasteiger partial charge is 0.508 e. The Labute approximate surface area is 178 Å². The lowest BCUT2D eigenvalue weighted by Crippen LogP contribution is -2.45. The monoisotopic (exact) mass is 406 g/mol. The molecule has 1 aliphatic rings. The van der Waals surface area contributed by atoms with Gasteiger partial charge in [0.25, 0.3) is 0 Å². The third-order valence-electron chi connectivity index (χ3n) is 6.10. The Morgan fingerprint density at radius 3 is 2.17 bits per heavy atom. The summed E-state index contributed by atoms with van der Waals surface area (Å²) in [5.41, 5.74) is 3.51. The van der Waals surface area contributed by atoms with E-state index >= 15 is 0 Å². The van der Waals surface area contributed by atoms with Gasteiger partial charge in [-0.25, -0.2) is 0 Å². The number of hydrogen-bond donors (Lipinski definition) is 1. The van der Waals surface area contributed by atoms with Gasteiger partial charge in [-0.3, -0.25) is 9.80 Å². The maximum absolute atomic E-state index is 10.4. The van der Waals surface area contributed by atoms with E-state index in [1.54, 1.807) is 14.2 Å². The molecule has 0 spiro atoms. The van der Waals surface area contributed by atoms with Gasteiger partial charge in [-0.15, -0.1) is 0 Å². The molecule has 30 heavy (non-hydrogen) atoms. The van der Waals surface area contributed by atoms with Crippen LogP contribution in [0.2, 0.25) is 0 Å². The molecule has 0 aromatic heterocycles. The highest BCUT2D eigenvalue weighted by molar-refractivity contribution is 5.87. The maximum atomic E-state index is 10.4. The third-order valence-corrected chi connectivity index (χ3v) is 6.10. The van der Waals surface area contributed by atoms with Crippen molar-refractivity contribution in [2.24, 2.45) is 0 Å². The minimum atomic E-state index is 0.386. The molecule has 1 N–H and O–H groups in total. The smallest absolute Gasteiger partial charge is 0.161 e. The van der Waals surface area contributed by atoms with Gasteiger partial charge in [0.1, 0.15) is 5.75 Å². The van der Waals surface area contributed by atoms with Crippen molar-refractivity contribution in [3.63, 3.8) is 0 Å². The fourth-order valence-corrected chi connectivity index (χ4v) is 4.25. The number of piperazine rings is 1. The van der Waals surface area contributed by atoms with E-state index in [9.17, 15) is 5.11 Å². The highest BCUT2D eigenvalue weighted by Crippen LogP contribution is 2.31. The molecule has 3 aromatic rings. The van der Waals surface area contributed by atoms with Crippen molar-refractivity contribution in [2.45, 2.75) is 20.0 Å². The van der Waals surface area contributed by atoms with Gasteiger partial charge in [0.15, 0.2) is 11.5 Å². The number of aromatic hydroxyl groups is 1. The minimum Gasteiger partial charge on any atom is -0.508 e. The molecule has 0 atom stereocenters. The highest BCUT2D eigenvalue weighted by Gasteiger charge is 2.20. The van der Waals surface area contributed by atoms with Gasteiger partial charge >= 0.3 is 0 Å². The lowest BCUT2D eigenvalue weighted by atomic mass is 10.0. The van der Waals surface area contributed by atoms with Gasteiger partial charge in [0.05, 0.1) is 14.2 Å². The van der Waals surface area contributed by atoms with E-state index in [-0.39, 0.29) is 0 Å². The summed E-state index contributed by atoms with van der Waals surface area (Å²) in [6.45, 7) is 7.76. The number of nitrogens with zero attached hydrogens (tertiary/aromatic N) is 2. The number of rotatable bonds is 6. The number of aryl methyl sites for hydroxylation is 1. The molecule has 158 valence electrons. The van der Waals surface area contributed by atoms with Gasteiger partial charge in [-0.2, -0.15) is 0 Å². The first-order chi connectivity index (χ1) is 14.6. The van der Waals surface area contributed by atoms with Crippen LogP contribution < -0.4 is 9.47 Å². The standard InChI is InChI=1S/C25H30N2O3/c1-18-14-24(29-2)25(30-3)15-20(18)16-26-10-12-27(13-11-26)17-22-21-7-5-4-6-19(21)8-9-23(22)28/h4-9,14-15,28H,10-13,16-17H2,1-3H3. The zero-order valence-corrected chi connectivity index (χ0v) is 18.0. The summed E-state index contributed by atoms with van der Waals surface area (Å²) in [7, 11) is 3.35. The van der Waals surface area contributed by atoms with Crippen molar-refractivity contribution < 1.29 is 14.6 Å². The molecule has 0 aliphatic carbocycles. The molecule has 3 aromatic carbocycles. The molecule has 0 amide bonds. The fourth-order valence-electron chi connectivity index (χ4n) is 4.25. The van der Waals surface area contributed by atoms with Gasteiger partial charge in [0, 0.05) is 44.8 Å². The molecule has 1 saturated heterocycles. The third kappa shape index (κ3) is 4.23. The average Bonchev–Trinajstić information content (AvgIpc) is 2.78. The normalized spacial score (nSPS) is 15.4. The Morgan fingerprint density at radius 1 is 0.833 bits per heavy atom. The predicted molar refractivity (Wildman–Crippen MR) is 120 cm³/mol. The topological polar surface area (TPSA) is 45.2 Å². The van der Waals surface area contributed by atoms with Crippen LogP contribution in [0.1, 0.15) is 16.7 Å². The van der Waals surface area contributed by atoms with E-state index in [0.29, 0.717) is 5.75 Å². The summed E-state index contributed by atoms with van der Waals surface area (Å²) in [5.74, 6) is 1.94. The van der Waals surface area contributed by atoms with Gasteiger partial charge in [0.2, 0.25) is 0 Å². The van der Waals surface area contributed by atoms with Gasteiger partial charge < -0.3 is 14.6 Å². The molecule has 0 saturated carbocycles. The zero-order valence-electron chi connectivity index (χ0n) is 18.0. The van der Waals surface area contributed by atoms with Crippen LogP contribution in [0.3, 0.4) is 0 Å². The van der Waals surface area contributed by atoms with Gasteiger partial charge in [-0.1, -0.05) is 30.3 Å². The van der Waals surface area contributed by atoms with Crippen molar-refractivity contribution in [3.8, 4) is 17.2 Å². The quantitative estimate of drug-likeness (QED) is 0.665. The van der Waals surface area contributed by atoms with Crippen LogP contribution in [0.25, 0.3) is 10.8 Å². The highest BCUT2D eigenvalue weighted by atomic mass is 16.5. The molecule has 0 bridgehead atoms. The van der Waals surface area contributed by atoms with Crippen LogP contribution in [-0.2, 0) is 13.1 Å². The molecular formula is C25H30N2O3. The second-order valence-corrected chi connectivity index (χ2v) is 7.97. The summed E-state index contributed by atoms with van der Waals surface area (Å²) < 4.78 is 10.9. The van der Waals surface area contributed by atoms with Crippen LogP contribution in [0.5, 0.6) is 17.2 Å². The Balaban J connectivity index is 1.41. The Hall–Kier alpha value is -2.76. The van der Waals surface area contributed by atoms with E-state index in [4.69, 9.17) is 9.47 Å². The number of methoxy groups -OCH3 is 2. The zero-order chi connectivity index (χ0) is 21.1. The van der Waals surface area contributed by atoms with E-state index in [1.807, 2.05) is 30.3 Å². The van der Waals surface area contributed by atoms with Gasteiger partial charge in [-0.05, 0) is 47.0 Å². The molecule has 0 radical (unpaired) electrons. The second-order valence-electron chi connectivity index (χ2n) is 7.97. The van der Waals surface area contributed by atoms with Crippen molar-refractivity contribution in [1.82, 2.24) is 9.80 Å². The Kier molecular flexibility index (Phi) is 6.11. The van der Waals surface area contributed by atoms with Crippen LogP contribution in [0.4, 0.5) is 0 Å². The van der Waals surface area contributed by atoms with Crippen molar-refractivity contribution in [3.05, 3.63) is 65.2 Å². The SMILES string of the molecule is COc1cc(C)c(CN2CCN(Cc3c(O)ccc4ccccc34)CC2)cc1OC. The van der Waals surface area contributed by atoms with Crippen molar-refractivity contribution in [1.29, 1.82) is 0 Å². The number of phenolic OH excluding ortho intramolecular Hbond substituents is 1. The molecule has 1 fully saturated rings. The number of fused-ring (bicyclic) bond motifs is 1. The Bertz CT molecular complexity index is 1030. The number of benzene rings is 3. The van der Waals surface area contributed by atoms with Crippen molar-refractivity contribution in [2.75, 3.05) is 40.4 Å². The molecular weight excluding hydrogens is 376 g/mol. The van der Waals surface area contributed by atoms with Crippen LogP contribution >= 0.6 is 0 Å². The summed E-state index contributed by atoms with van der Waals surface area (Å²) in [6.07, 6.45) is 0. The van der Waals surface area contributed by atoms with E-state index in [1.165, 1.54) is 16.5 Å². The lowest BCUT2D eigenvalue weighted by molar-refractivity contribution is 0.121. The fraction of sp³-hybridized carbons (Fsp3) is 0.360. The van der Waals surface area contributed by atoms with E-state index in [0.717, 1.165) is 61.7 Å². The first-order valence-electron chi connectivity index (χ1n) is 10.4. The lowest BCUT2D eigenvalue weighted by Gasteiger charge is -2.35. The molecule has 0 unspecified atom stereocenters. The van der Waals surface area contributed by atoms with E-state index in [2.05, 4.69) is 34.9 Å². The molecule has 5 nitrogen and oxygen atoms in total. The maximum Gasteiger partial charge on any atom is 0.161 e. The summed E-state index contributed by atoms with van der Waals surface area (Å²) in [5, 5.41) is 12.8.